The molecule has 0 aliphatic rings. The average Bonchev–Trinajstić information content (AvgIpc) is 2.75. The fraction of sp³-hybridized carbons (Fsp3) is 0.286. The second-order valence-corrected chi connectivity index (χ2v) is 5.90. The molecular formula is C14H16F3IN4OS. The fourth-order valence-corrected chi connectivity index (χ4v) is 2.70. The van der Waals surface area contributed by atoms with Gasteiger partial charge in [-0.1, -0.05) is 12.1 Å². The summed E-state index contributed by atoms with van der Waals surface area (Å²) in [6.45, 7) is 4.06. The Kier molecular flexibility index (Phi) is 7.27. The van der Waals surface area contributed by atoms with Crippen molar-refractivity contribution in [3.05, 3.63) is 39.8 Å². The van der Waals surface area contributed by atoms with E-state index in [1.807, 2.05) is 13.8 Å². The standard InChI is InChI=1S/C14H15F3N4OS.HI/c1-8-12(23-9(2)20-8)7-19-13(18)21-10-5-3-4-6-11(10)22-14(15,16)17;/h3-6H,7H2,1-2H3,(H3,18,19,21);1H. The van der Waals surface area contributed by atoms with Crippen molar-refractivity contribution in [2.24, 2.45) is 10.7 Å². The molecular weight excluding hydrogens is 456 g/mol. The van der Waals surface area contributed by atoms with E-state index in [-0.39, 0.29) is 41.4 Å². The van der Waals surface area contributed by atoms with E-state index in [4.69, 9.17) is 5.73 Å². The molecule has 132 valence electrons. The number of hydrogen-bond acceptors (Lipinski definition) is 4. The number of anilines is 1. The molecule has 1 aromatic heterocycles. The molecule has 3 N–H and O–H groups in total. The smallest absolute Gasteiger partial charge is 0.404 e. The van der Waals surface area contributed by atoms with E-state index < -0.39 is 6.36 Å². The number of ether oxygens (including phenoxy) is 1. The van der Waals surface area contributed by atoms with Crippen LogP contribution in [0.4, 0.5) is 18.9 Å². The SMILES string of the molecule is Cc1nc(C)c(CN=C(N)Nc2ccccc2OC(F)(F)F)s1.I. The van der Waals surface area contributed by atoms with Crippen LogP contribution in [0, 0.1) is 13.8 Å². The van der Waals surface area contributed by atoms with Gasteiger partial charge in [0.1, 0.15) is 0 Å². The number of aryl methyl sites for hydroxylation is 2. The summed E-state index contributed by atoms with van der Waals surface area (Å²) in [5.74, 6) is -0.378. The lowest BCUT2D eigenvalue weighted by Gasteiger charge is -2.14. The number of para-hydroxylation sites is 2. The highest BCUT2D eigenvalue weighted by Crippen LogP contribution is 2.29. The molecule has 0 amide bonds. The van der Waals surface area contributed by atoms with Gasteiger partial charge >= 0.3 is 6.36 Å². The van der Waals surface area contributed by atoms with Gasteiger partial charge in [0.05, 0.1) is 22.9 Å². The third-order valence-corrected chi connectivity index (χ3v) is 3.83. The van der Waals surface area contributed by atoms with Crippen LogP contribution >= 0.6 is 35.3 Å². The van der Waals surface area contributed by atoms with Crippen LogP contribution < -0.4 is 15.8 Å². The number of benzene rings is 1. The van der Waals surface area contributed by atoms with Crippen molar-refractivity contribution in [1.29, 1.82) is 0 Å². The number of nitrogens with zero attached hydrogens (tertiary/aromatic N) is 2. The number of nitrogens with one attached hydrogen (secondary N) is 1. The van der Waals surface area contributed by atoms with Crippen LogP contribution in [0.2, 0.25) is 0 Å². The summed E-state index contributed by atoms with van der Waals surface area (Å²) in [4.78, 5) is 9.34. The first-order chi connectivity index (χ1) is 10.7. The minimum atomic E-state index is -4.78. The summed E-state index contributed by atoms with van der Waals surface area (Å²) < 4.78 is 41.0. The van der Waals surface area contributed by atoms with Crippen LogP contribution in [0.1, 0.15) is 15.6 Å². The maximum Gasteiger partial charge on any atom is 0.573 e. The van der Waals surface area contributed by atoms with E-state index in [9.17, 15) is 13.2 Å². The fourth-order valence-electron chi connectivity index (χ4n) is 1.84. The summed E-state index contributed by atoms with van der Waals surface area (Å²) >= 11 is 1.50. The van der Waals surface area contributed by atoms with E-state index in [1.54, 1.807) is 6.07 Å². The summed E-state index contributed by atoms with van der Waals surface area (Å²) in [5.41, 5.74) is 6.68. The molecule has 0 unspecified atom stereocenters. The molecule has 0 bridgehead atoms. The molecule has 1 heterocycles. The topological polar surface area (TPSA) is 72.5 Å². The lowest BCUT2D eigenvalue weighted by atomic mass is 10.3. The van der Waals surface area contributed by atoms with Crippen molar-refractivity contribution in [1.82, 2.24) is 4.98 Å². The number of guanidine groups is 1. The third kappa shape index (κ3) is 6.15. The van der Waals surface area contributed by atoms with Crippen LogP contribution in [0.3, 0.4) is 0 Å². The van der Waals surface area contributed by atoms with Crippen LogP contribution in [0.15, 0.2) is 29.3 Å². The number of alkyl halides is 3. The van der Waals surface area contributed by atoms with Crippen molar-refractivity contribution < 1.29 is 17.9 Å². The monoisotopic (exact) mass is 472 g/mol. The molecule has 0 fully saturated rings. The first kappa shape index (κ1) is 20.5. The summed E-state index contributed by atoms with van der Waals surface area (Å²) in [6.07, 6.45) is -4.78. The van der Waals surface area contributed by atoms with Crippen LogP contribution in [-0.4, -0.2) is 17.3 Å². The Labute approximate surface area is 158 Å². The van der Waals surface area contributed by atoms with Crippen LogP contribution in [0.25, 0.3) is 0 Å². The molecule has 0 spiro atoms. The molecule has 0 saturated carbocycles. The van der Waals surface area contributed by atoms with Gasteiger partial charge in [0.2, 0.25) is 0 Å². The van der Waals surface area contributed by atoms with E-state index in [2.05, 4.69) is 20.0 Å². The zero-order valence-corrected chi connectivity index (χ0v) is 16.0. The van der Waals surface area contributed by atoms with Gasteiger partial charge in [-0.25, -0.2) is 9.98 Å². The maximum atomic E-state index is 12.4. The number of halogens is 4. The van der Waals surface area contributed by atoms with Gasteiger partial charge in [0, 0.05) is 4.88 Å². The average molecular weight is 472 g/mol. The van der Waals surface area contributed by atoms with Gasteiger partial charge in [-0.15, -0.1) is 48.5 Å². The maximum absolute atomic E-state index is 12.4. The van der Waals surface area contributed by atoms with Crippen LogP contribution in [0.5, 0.6) is 5.75 Å². The second kappa shape index (κ2) is 8.51. The van der Waals surface area contributed by atoms with Gasteiger partial charge in [-0.2, -0.15) is 0 Å². The third-order valence-electron chi connectivity index (χ3n) is 2.77. The Balaban J connectivity index is 0.00000288. The highest BCUT2D eigenvalue weighted by molar-refractivity contribution is 14.0. The predicted octanol–water partition coefficient (Wildman–Crippen LogP) is 4.20. The molecule has 10 heteroatoms. The molecule has 0 aliphatic carbocycles. The normalized spacial score (nSPS) is 11.8. The molecule has 2 rings (SSSR count). The highest BCUT2D eigenvalue weighted by atomic mass is 127. The van der Waals surface area contributed by atoms with E-state index in [0.717, 1.165) is 15.6 Å². The first-order valence-electron chi connectivity index (χ1n) is 6.59. The number of aromatic nitrogens is 1. The molecule has 5 nitrogen and oxygen atoms in total. The Morgan fingerprint density at radius 2 is 2.00 bits per heavy atom. The molecule has 2 aromatic rings. The van der Waals surface area contributed by atoms with Crippen molar-refractivity contribution in [3.63, 3.8) is 0 Å². The molecule has 24 heavy (non-hydrogen) atoms. The number of rotatable bonds is 4. The lowest BCUT2D eigenvalue weighted by Crippen LogP contribution is -2.24. The number of aliphatic imine (C=N–C) groups is 1. The molecule has 0 aliphatic heterocycles. The van der Waals surface area contributed by atoms with Crippen molar-refractivity contribution in [3.8, 4) is 5.75 Å². The Bertz CT molecular complexity index is 718. The number of nitrogens with two attached hydrogens (primary N) is 1. The van der Waals surface area contributed by atoms with Gasteiger partial charge in [0.15, 0.2) is 11.7 Å². The van der Waals surface area contributed by atoms with E-state index >= 15 is 0 Å². The van der Waals surface area contributed by atoms with Gasteiger partial charge in [-0.05, 0) is 26.0 Å². The van der Waals surface area contributed by atoms with Crippen LogP contribution in [-0.2, 0) is 6.54 Å². The zero-order chi connectivity index (χ0) is 17.0. The van der Waals surface area contributed by atoms with Crippen molar-refractivity contribution in [2.45, 2.75) is 26.8 Å². The molecule has 0 atom stereocenters. The minimum Gasteiger partial charge on any atom is -0.404 e. The Morgan fingerprint density at radius 3 is 2.58 bits per heavy atom. The first-order valence-corrected chi connectivity index (χ1v) is 7.41. The molecule has 0 radical (unpaired) electrons. The Hall–Kier alpha value is -1.56. The number of thiazole rings is 1. The second-order valence-electron chi connectivity index (χ2n) is 4.61. The van der Waals surface area contributed by atoms with Crippen molar-refractivity contribution in [2.75, 3.05) is 5.32 Å². The van der Waals surface area contributed by atoms with Gasteiger partial charge < -0.3 is 15.8 Å². The summed E-state index contributed by atoms with van der Waals surface area (Å²) in [6, 6.07) is 5.62. The zero-order valence-electron chi connectivity index (χ0n) is 12.8. The van der Waals surface area contributed by atoms with E-state index in [0.29, 0.717) is 6.54 Å². The van der Waals surface area contributed by atoms with E-state index in [1.165, 1.54) is 29.5 Å². The Morgan fingerprint density at radius 1 is 1.33 bits per heavy atom. The lowest BCUT2D eigenvalue weighted by molar-refractivity contribution is -0.274. The quantitative estimate of drug-likeness (QED) is 0.398. The molecule has 0 saturated heterocycles. The largest absolute Gasteiger partial charge is 0.573 e. The highest BCUT2D eigenvalue weighted by Gasteiger charge is 2.32. The predicted molar refractivity (Wildman–Crippen MR) is 99.1 cm³/mol. The number of hydrogen-bond donors (Lipinski definition) is 2. The summed E-state index contributed by atoms with van der Waals surface area (Å²) in [7, 11) is 0. The summed E-state index contributed by atoms with van der Waals surface area (Å²) in [5, 5.41) is 3.54. The van der Waals surface area contributed by atoms with Gasteiger partial charge in [-0.3, -0.25) is 0 Å². The molecule has 1 aromatic carbocycles. The van der Waals surface area contributed by atoms with Crippen molar-refractivity contribution >= 4 is 47.0 Å². The minimum absolute atomic E-state index is 0. The van der Waals surface area contributed by atoms with Gasteiger partial charge in [0.25, 0.3) is 0 Å².